The van der Waals surface area contributed by atoms with E-state index in [0.29, 0.717) is 25.2 Å². The van der Waals surface area contributed by atoms with Crippen molar-refractivity contribution in [1.29, 1.82) is 0 Å². The Morgan fingerprint density at radius 3 is 2.62 bits per heavy atom. The van der Waals surface area contributed by atoms with Gasteiger partial charge < -0.3 is 25.4 Å². The molecule has 160 valence electrons. The van der Waals surface area contributed by atoms with Crippen molar-refractivity contribution in [3.8, 4) is 5.75 Å². The first-order valence-corrected chi connectivity index (χ1v) is 10.8. The van der Waals surface area contributed by atoms with Crippen molar-refractivity contribution in [2.45, 2.75) is 70.1 Å². The number of carbonyl (C=O) groups excluding carboxylic acids is 2. The summed E-state index contributed by atoms with van der Waals surface area (Å²) >= 11 is 0. The monoisotopic (exact) mass is 403 g/mol. The zero-order valence-corrected chi connectivity index (χ0v) is 17.1. The molecule has 1 aromatic rings. The number of hydrogen-bond donors (Lipinski definition) is 3. The third kappa shape index (κ3) is 6.92. The number of carbonyl (C=O) groups is 2. The van der Waals surface area contributed by atoms with Gasteiger partial charge in [0.05, 0.1) is 12.6 Å². The summed E-state index contributed by atoms with van der Waals surface area (Å²) in [4.78, 5) is 26.6. The molecular weight excluding hydrogens is 370 g/mol. The Hall–Kier alpha value is -2.28. The third-order valence-electron chi connectivity index (χ3n) is 5.69. The fourth-order valence-corrected chi connectivity index (χ4v) is 4.05. The molecule has 29 heavy (non-hydrogen) atoms. The molecule has 1 aliphatic heterocycles. The Kier molecular flexibility index (Phi) is 8.16. The minimum absolute atomic E-state index is 0.0106. The Labute approximate surface area is 172 Å². The van der Waals surface area contributed by atoms with E-state index in [1.165, 1.54) is 19.3 Å². The van der Waals surface area contributed by atoms with Crippen LogP contribution < -0.4 is 10.6 Å². The van der Waals surface area contributed by atoms with Crippen molar-refractivity contribution in [1.82, 2.24) is 15.5 Å². The van der Waals surface area contributed by atoms with Crippen LogP contribution in [0.15, 0.2) is 24.3 Å². The third-order valence-corrected chi connectivity index (χ3v) is 5.69. The van der Waals surface area contributed by atoms with E-state index in [1.807, 2.05) is 12.1 Å². The van der Waals surface area contributed by atoms with Gasteiger partial charge in [-0.3, -0.25) is 4.79 Å². The summed E-state index contributed by atoms with van der Waals surface area (Å²) in [5.74, 6) is 0.160. The molecule has 7 nitrogen and oxygen atoms in total. The minimum Gasteiger partial charge on any atom is -0.508 e. The molecule has 2 fully saturated rings. The summed E-state index contributed by atoms with van der Waals surface area (Å²) in [7, 11) is 0. The van der Waals surface area contributed by atoms with Gasteiger partial charge in [-0.05, 0) is 31.7 Å². The number of phenolic OH excluding ortho intramolecular Hbond substituents is 1. The van der Waals surface area contributed by atoms with Crippen LogP contribution in [0.4, 0.5) is 4.79 Å². The highest BCUT2D eigenvalue weighted by Crippen LogP contribution is 2.20. The average Bonchev–Trinajstić information content (AvgIpc) is 3.23. The summed E-state index contributed by atoms with van der Waals surface area (Å²) in [5, 5.41) is 16.0. The Balaban J connectivity index is 1.48. The van der Waals surface area contributed by atoms with Crippen LogP contribution in [0.5, 0.6) is 5.75 Å². The lowest BCUT2D eigenvalue weighted by molar-refractivity contribution is -0.121. The molecule has 0 bridgehead atoms. The standard InChI is InChI=1S/C22H33N3O4/c26-20-11-5-4-7-17(20)15-25(16-19-10-6-14-29-19)22(28)23-13-12-21(27)24-18-8-2-1-3-9-18/h4-5,7,11,18-19,26H,1-3,6,8-10,12-16H2,(H,23,28)(H,24,27). The van der Waals surface area contributed by atoms with Crippen molar-refractivity contribution in [2.75, 3.05) is 19.7 Å². The molecule has 3 amide bonds. The van der Waals surface area contributed by atoms with E-state index < -0.39 is 0 Å². The number of nitrogens with one attached hydrogen (secondary N) is 2. The van der Waals surface area contributed by atoms with E-state index in [1.54, 1.807) is 17.0 Å². The van der Waals surface area contributed by atoms with Crippen LogP contribution in [0.25, 0.3) is 0 Å². The molecule has 1 atom stereocenters. The molecule has 1 aliphatic carbocycles. The van der Waals surface area contributed by atoms with Crippen LogP contribution in [-0.4, -0.2) is 53.8 Å². The van der Waals surface area contributed by atoms with Crippen molar-refractivity contribution in [2.24, 2.45) is 0 Å². The predicted molar refractivity (Wildman–Crippen MR) is 111 cm³/mol. The van der Waals surface area contributed by atoms with Crippen molar-refractivity contribution < 1.29 is 19.4 Å². The average molecular weight is 404 g/mol. The number of amides is 3. The molecule has 0 radical (unpaired) electrons. The predicted octanol–water partition coefficient (Wildman–Crippen LogP) is 2.92. The van der Waals surface area contributed by atoms with Crippen LogP contribution in [0, 0.1) is 0 Å². The normalized spacial score (nSPS) is 19.7. The first-order valence-electron chi connectivity index (χ1n) is 10.8. The Morgan fingerprint density at radius 1 is 1.10 bits per heavy atom. The van der Waals surface area contributed by atoms with Gasteiger partial charge in [-0.2, -0.15) is 0 Å². The summed E-state index contributed by atoms with van der Waals surface area (Å²) in [6.45, 7) is 1.78. The molecule has 7 heteroatoms. The first kappa shape index (κ1) is 21.4. The Morgan fingerprint density at radius 2 is 1.90 bits per heavy atom. The highest BCUT2D eigenvalue weighted by atomic mass is 16.5. The van der Waals surface area contributed by atoms with Crippen LogP contribution in [0.3, 0.4) is 0 Å². The van der Waals surface area contributed by atoms with Gasteiger partial charge in [0.25, 0.3) is 0 Å². The van der Waals surface area contributed by atoms with Gasteiger partial charge in [-0.15, -0.1) is 0 Å². The van der Waals surface area contributed by atoms with E-state index in [0.717, 1.165) is 32.3 Å². The highest BCUT2D eigenvalue weighted by Gasteiger charge is 2.23. The van der Waals surface area contributed by atoms with Crippen molar-refractivity contribution >= 4 is 11.9 Å². The van der Waals surface area contributed by atoms with Crippen LogP contribution >= 0.6 is 0 Å². The topological polar surface area (TPSA) is 90.9 Å². The van der Waals surface area contributed by atoms with E-state index in [2.05, 4.69) is 10.6 Å². The first-order chi connectivity index (χ1) is 14.1. The van der Waals surface area contributed by atoms with Crippen molar-refractivity contribution in [3.05, 3.63) is 29.8 Å². The van der Waals surface area contributed by atoms with Gasteiger partial charge in [0, 0.05) is 37.7 Å². The lowest BCUT2D eigenvalue weighted by Crippen LogP contribution is -2.44. The molecule has 2 aliphatic rings. The van der Waals surface area contributed by atoms with Gasteiger partial charge in [-0.25, -0.2) is 4.79 Å². The Bertz CT molecular complexity index is 670. The molecule has 1 unspecified atom stereocenters. The summed E-state index contributed by atoms with van der Waals surface area (Å²) in [6.07, 6.45) is 7.90. The zero-order valence-electron chi connectivity index (χ0n) is 17.1. The van der Waals surface area contributed by atoms with Crippen molar-refractivity contribution in [3.63, 3.8) is 0 Å². The number of aromatic hydroxyl groups is 1. The fraction of sp³-hybridized carbons (Fsp3) is 0.636. The lowest BCUT2D eigenvalue weighted by atomic mass is 9.95. The minimum atomic E-state index is -0.241. The smallest absolute Gasteiger partial charge is 0.317 e. The molecule has 1 saturated carbocycles. The number of nitrogens with zero attached hydrogens (tertiary/aromatic N) is 1. The van der Waals surface area contributed by atoms with E-state index in [9.17, 15) is 14.7 Å². The largest absolute Gasteiger partial charge is 0.508 e. The molecule has 1 heterocycles. The van der Waals surface area contributed by atoms with Gasteiger partial charge in [0.1, 0.15) is 5.75 Å². The van der Waals surface area contributed by atoms with Crippen LogP contribution in [0.1, 0.15) is 56.9 Å². The molecule has 1 aromatic carbocycles. The van der Waals surface area contributed by atoms with E-state index in [-0.39, 0.29) is 36.3 Å². The van der Waals surface area contributed by atoms with Gasteiger partial charge in [0.2, 0.25) is 5.91 Å². The second-order valence-electron chi connectivity index (χ2n) is 8.03. The maximum absolute atomic E-state index is 12.8. The summed E-state index contributed by atoms with van der Waals surface area (Å²) in [6, 6.07) is 7.06. The fourth-order valence-electron chi connectivity index (χ4n) is 4.05. The quantitative estimate of drug-likeness (QED) is 0.622. The zero-order chi connectivity index (χ0) is 20.5. The van der Waals surface area contributed by atoms with Crippen LogP contribution in [0.2, 0.25) is 0 Å². The number of rotatable bonds is 8. The maximum Gasteiger partial charge on any atom is 0.317 e. The lowest BCUT2D eigenvalue weighted by Gasteiger charge is -2.26. The molecule has 3 rings (SSSR count). The number of phenols is 1. The molecule has 0 aromatic heterocycles. The number of ether oxygens (including phenoxy) is 1. The number of hydrogen-bond acceptors (Lipinski definition) is 4. The van der Waals surface area contributed by atoms with Gasteiger partial charge >= 0.3 is 6.03 Å². The number of urea groups is 1. The molecule has 1 saturated heterocycles. The highest BCUT2D eigenvalue weighted by molar-refractivity contribution is 5.78. The van der Waals surface area contributed by atoms with E-state index >= 15 is 0 Å². The second kappa shape index (κ2) is 11.0. The summed E-state index contributed by atoms with van der Waals surface area (Å²) < 4.78 is 5.68. The molecule has 3 N–H and O–H groups in total. The second-order valence-corrected chi connectivity index (χ2v) is 8.03. The van der Waals surface area contributed by atoms with Gasteiger partial charge in [-0.1, -0.05) is 37.5 Å². The van der Waals surface area contributed by atoms with Gasteiger partial charge in [0.15, 0.2) is 0 Å². The maximum atomic E-state index is 12.8. The van der Waals surface area contributed by atoms with E-state index in [4.69, 9.17) is 4.74 Å². The van der Waals surface area contributed by atoms with Crippen LogP contribution in [-0.2, 0) is 16.1 Å². The number of benzene rings is 1. The molecular formula is C22H33N3O4. The molecule has 0 spiro atoms. The SMILES string of the molecule is O=C(CCNC(=O)N(Cc1ccccc1O)CC1CCCO1)NC1CCCCC1. The number of para-hydroxylation sites is 1. The summed E-state index contributed by atoms with van der Waals surface area (Å²) in [5.41, 5.74) is 0.690.